The van der Waals surface area contributed by atoms with Crippen molar-refractivity contribution in [2.75, 3.05) is 45.8 Å². The summed E-state index contributed by atoms with van der Waals surface area (Å²) in [6, 6.07) is -0.193. The zero-order valence-electron chi connectivity index (χ0n) is 14.5. The van der Waals surface area contributed by atoms with Gasteiger partial charge >= 0.3 is 0 Å². The highest BCUT2D eigenvalue weighted by Crippen LogP contribution is 2.00. The topological polar surface area (TPSA) is 61.6 Å². The van der Waals surface area contributed by atoms with Gasteiger partial charge in [-0.2, -0.15) is 0 Å². The maximum Gasteiger partial charge on any atom is 0.234 e. The molecule has 0 rings (SSSR count). The van der Waals surface area contributed by atoms with Gasteiger partial charge in [-0.3, -0.25) is 4.79 Å². The van der Waals surface area contributed by atoms with Crippen LogP contribution in [0.1, 0.15) is 47.0 Å². The van der Waals surface area contributed by atoms with Crippen molar-refractivity contribution >= 4 is 5.91 Å². The van der Waals surface area contributed by atoms with Crippen LogP contribution in [-0.4, -0.2) is 67.6 Å². The van der Waals surface area contributed by atoms with Crippen LogP contribution in [0, 0.1) is 0 Å². The summed E-state index contributed by atoms with van der Waals surface area (Å²) < 4.78 is 0. The van der Waals surface area contributed by atoms with Gasteiger partial charge in [0.1, 0.15) is 0 Å². The lowest BCUT2D eigenvalue weighted by Crippen LogP contribution is -2.44. The number of rotatable bonds is 14. The van der Waals surface area contributed by atoms with Crippen LogP contribution >= 0.6 is 0 Å². The van der Waals surface area contributed by atoms with Crippen molar-refractivity contribution in [2.45, 2.75) is 53.0 Å². The van der Waals surface area contributed by atoms with E-state index in [2.05, 4.69) is 42.8 Å². The molecule has 5 nitrogen and oxygen atoms in total. The van der Waals surface area contributed by atoms with Gasteiger partial charge in [0.15, 0.2) is 0 Å². The minimum atomic E-state index is -0.234. The van der Waals surface area contributed by atoms with Gasteiger partial charge in [0.2, 0.25) is 5.91 Å². The Kier molecular flexibility index (Phi) is 12.6. The maximum absolute atomic E-state index is 11.4. The van der Waals surface area contributed by atoms with E-state index in [4.69, 9.17) is 5.73 Å². The molecule has 126 valence electrons. The molecule has 0 aliphatic carbocycles. The second-order valence-corrected chi connectivity index (χ2v) is 5.51. The molecule has 0 saturated heterocycles. The molecular weight excluding hydrogens is 264 g/mol. The third-order valence-corrected chi connectivity index (χ3v) is 4.01. The average Bonchev–Trinajstić information content (AvgIpc) is 2.49. The minimum Gasteiger partial charge on any atom is -0.368 e. The number of carbonyl (C=O) groups is 1. The summed E-state index contributed by atoms with van der Waals surface area (Å²) in [4.78, 5) is 16.3. The smallest absolute Gasteiger partial charge is 0.234 e. The zero-order valence-corrected chi connectivity index (χ0v) is 14.5. The fourth-order valence-electron chi connectivity index (χ4n) is 2.46. The number of nitrogens with zero attached hydrogens (tertiary/aromatic N) is 2. The Morgan fingerprint density at radius 3 is 2.05 bits per heavy atom. The van der Waals surface area contributed by atoms with E-state index >= 15 is 0 Å². The fraction of sp³-hybridized carbons (Fsp3) is 0.938. The molecule has 0 aromatic heterocycles. The molecule has 0 fully saturated rings. The van der Waals surface area contributed by atoms with Crippen molar-refractivity contribution < 1.29 is 4.79 Å². The Labute approximate surface area is 131 Å². The van der Waals surface area contributed by atoms with Crippen LogP contribution < -0.4 is 11.1 Å². The molecule has 0 bridgehead atoms. The molecule has 0 aliphatic heterocycles. The predicted molar refractivity (Wildman–Crippen MR) is 90.4 cm³/mol. The molecular formula is C16H36N4O. The van der Waals surface area contributed by atoms with E-state index < -0.39 is 0 Å². The van der Waals surface area contributed by atoms with Gasteiger partial charge < -0.3 is 20.9 Å². The van der Waals surface area contributed by atoms with Crippen LogP contribution in [0.25, 0.3) is 0 Å². The zero-order chi connectivity index (χ0) is 16.1. The highest BCUT2D eigenvalue weighted by molar-refractivity contribution is 5.79. The summed E-state index contributed by atoms with van der Waals surface area (Å²) in [6.45, 7) is 16.0. The lowest BCUT2D eigenvalue weighted by Gasteiger charge is -2.25. The van der Waals surface area contributed by atoms with Gasteiger partial charge in [0.25, 0.3) is 0 Å². The molecule has 0 heterocycles. The first kappa shape index (κ1) is 20.3. The van der Waals surface area contributed by atoms with Gasteiger partial charge in [-0.05, 0) is 58.5 Å². The molecule has 1 atom stereocenters. The number of hydrogen-bond donors (Lipinski definition) is 2. The summed E-state index contributed by atoms with van der Waals surface area (Å²) in [5.74, 6) is -0.234. The first-order valence-corrected chi connectivity index (χ1v) is 8.56. The number of hydrogen-bond acceptors (Lipinski definition) is 4. The fourth-order valence-corrected chi connectivity index (χ4v) is 2.46. The third-order valence-electron chi connectivity index (χ3n) is 4.01. The molecule has 0 aliphatic rings. The lowest BCUT2D eigenvalue weighted by molar-refractivity contribution is -0.120. The van der Waals surface area contributed by atoms with Gasteiger partial charge in [-0.1, -0.05) is 27.7 Å². The summed E-state index contributed by atoms with van der Waals surface area (Å²) in [7, 11) is 0. The predicted octanol–water partition coefficient (Wildman–Crippen LogP) is 1.28. The second-order valence-electron chi connectivity index (χ2n) is 5.51. The number of amides is 1. The molecule has 0 aromatic carbocycles. The van der Waals surface area contributed by atoms with Crippen LogP contribution in [0.5, 0.6) is 0 Å². The first-order chi connectivity index (χ1) is 10.1. The van der Waals surface area contributed by atoms with Crippen molar-refractivity contribution in [3.05, 3.63) is 0 Å². The average molecular weight is 300 g/mol. The molecule has 1 unspecified atom stereocenters. The van der Waals surface area contributed by atoms with E-state index in [1.807, 2.05) is 0 Å². The second kappa shape index (κ2) is 13.0. The van der Waals surface area contributed by atoms with E-state index in [1.54, 1.807) is 0 Å². The van der Waals surface area contributed by atoms with Crippen molar-refractivity contribution in [2.24, 2.45) is 5.73 Å². The standard InChI is InChI=1S/C16H36N4O/c1-5-11-18-15(16(17)21)10-14-20(8-4)13-9-12-19(6-2)7-3/h15,18H,5-14H2,1-4H3,(H2,17,21). The Bertz CT molecular complexity index is 257. The van der Waals surface area contributed by atoms with Gasteiger partial charge in [0, 0.05) is 6.54 Å². The third kappa shape index (κ3) is 9.82. The summed E-state index contributed by atoms with van der Waals surface area (Å²) >= 11 is 0. The normalized spacial score (nSPS) is 13.0. The quantitative estimate of drug-likeness (QED) is 0.507. The van der Waals surface area contributed by atoms with Crippen LogP contribution in [0.15, 0.2) is 0 Å². The monoisotopic (exact) mass is 300 g/mol. The van der Waals surface area contributed by atoms with E-state index in [0.29, 0.717) is 0 Å². The molecule has 21 heavy (non-hydrogen) atoms. The SMILES string of the molecule is CCCNC(CCN(CC)CCCN(CC)CC)C(N)=O. The highest BCUT2D eigenvalue weighted by atomic mass is 16.1. The Hall–Kier alpha value is -0.650. The molecule has 0 aromatic rings. The molecule has 5 heteroatoms. The summed E-state index contributed by atoms with van der Waals surface area (Å²) in [6.07, 6.45) is 3.00. The van der Waals surface area contributed by atoms with E-state index in [-0.39, 0.29) is 11.9 Å². The molecule has 0 saturated carbocycles. The van der Waals surface area contributed by atoms with Crippen molar-refractivity contribution in [3.8, 4) is 0 Å². The van der Waals surface area contributed by atoms with E-state index in [9.17, 15) is 4.79 Å². The van der Waals surface area contributed by atoms with Crippen molar-refractivity contribution in [3.63, 3.8) is 0 Å². The molecule has 0 radical (unpaired) electrons. The Balaban J connectivity index is 4.03. The van der Waals surface area contributed by atoms with E-state index in [0.717, 1.165) is 58.7 Å². The van der Waals surface area contributed by atoms with Crippen LogP contribution in [0.4, 0.5) is 0 Å². The summed E-state index contributed by atoms with van der Waals surface area (Å²) in [5.41, 5.74) is 5.45. The van der Waals surface area contributed by atoms with E-state index in [1.165, 1.54) is 6.42 Å². The minimum absolute atomic E-state index is 0.193. The highest BCUT2D eigenvalue weighted by Gasteiger charge is 2.15. The number of nitrogens with two attached hydrogens (primary N) is 1. The van der Waals surface area contributed by atoms with Gasteiger partial charge in [-0.25, -0.2) is 0 Å². The van der Waals surface area contributed by atoms with Crippen molar-refractivity contribution in [1.29, 1.82) is 0 Å². The Morgan fingerprint density at radius 2 is 1.57 bits per heavy atom. The molecule has 0 spiro atoms. The van der Waals surface area contributed by atoms with Crippen LogP contribution in [0.3, 0.4) is 0 Å². The first-order valence-electron chi connectivity index (χ1n) is 8.56. The molecule has 3 N–H and O–H groups in total. The Morgan fingerprint density at radius 1 is 1.00 bits per heavy atom. The van der Waals surface area contributed by atoms with Crippen LogP contribution in [0.2, 0.25) is 0 Å². The summed E-state index contributed by atoms with van der Waals surface area (Å²) in [5, 5.41) is 3.23. The molecule has 1 amide bonds. The number of carbonyl (C=O) groups excluding carboxylic acids is 1. The van der Waals surface area contributed by atoms with Crippen LogP contribution in [-0.2, 0) is 4.79 Å². The number of nitrogens with one attached hydrogen (secondary N) is 1. The van der Waals surface area contributed by atoms with Crippen molar-refractivity contribution in [1.82, 2.24) is 15.1 Å². The van der Waals surface area contributed by atoms with Gasteiger partial charge in [-0.15, -0.1) is 0 Å². The number of primary amides is 1. The lowest BCUT2D eigenvalue weighted by atomic mass is 10.1. The van der Waals surface area contributed by atoms with Gasteiger partial charge in [0.05, 0.1) is 6.04 Å². The largest absolute Gasteiger partial charge is 0.368 e. The maximum atomic E-state index is 11.4.